The molecule has 0 atom stereocenters. The number of allylic oxidation sites excluding steroid dienone is 2. The van der Waals surface area contributed by atoms with Gasteiger partial charge in [-0.25, -0.2) is 4.99 Å². The molecule has 3 aromatic rings. The number of aliphatic imine (C=N–C) groups is 1. The molecule has 0 amide bonds. The number of amidine groups is 1. The van der Waals surface area contributed by atoms with E-state index < -0.39 is 0 Å². The minimum Gasteiger partial charge on any atom is -0.496 e. The average Bonchev–Trinajstić information content (AvgIpc) is 3.31. The highest BCUT2D eigenvalue weighted by atomic mass is 16.5. The first kappa shape index (κ1) is 26.7. The summed E-state index contributed by atoms with van der Waals surface area (Å²) in [4.78, 5) is 8.94. The molecule has 0 saturated heterocycles. The largest absolute Gasteiger partial charge is 0.496 e. The average molecular weight is 491 g/mol. The molecule has 1 aromatic heterocycles. The first-order valence-corrected chi connectivity index (χ1v) is 11.9. The number of ether oxygens (including phenoxy) is 2. The fourth-order valence-electron chi connectivity index (χ4n) is 3.93. The van der Waals surface area contributed by atoms with Crippen LogP contribution in [0.25, 0.3) is 16.6 Å². The highest BCUT2D eigenvalue weighted by molar-refractivity contribution is 5.97. The van der Waals surface area contributed by atoms with E-state index in [1.54, 1.807) is 20.4 Å². The summed E-state index contributed by atoms with van der Waals surface area (Å²) < 4.78 is 13.2. The molecule has 8 heteroatoms. The Kier molecular flexibility index (Phi) is 9.02. The van der Waals surface area contributed by atoms with Crippen molar-refractivity contribution < 1.29 is 9.47 Å². The van der Waals surface area contributed by atoms with Crippen LogP contribution in [0.1, 0.15) is 6.92 Å². The van der Waals surface area contributed by atoms with E-state index >= 15 is 0 Å². The van der Waals surface area contributed by atoms with Crippen LogP contribution < -0.4 is 25.0 Å². The van der Waals surface area contributed by atoms with Gasteiger partial charge in [-0.3, -0.25) is 0 Å². The van der Waals surface area contributed by atoms with E-state index in [9.17, 15) is 0 Å². The summed E-state index contributed by atoms with van der Waals surface area (Å²) >= 11 is 0. The van der Waals surface area contributed by atoms with E-state index in [1.807, 2.05) is 67.2 Å². The van der Waals surface area contributed by atoms with E-state index in [1.165, 1.54) is 0 Å². The molecule has 0 spiro atoms. The van der Waals surface area contributed by atoms with Crippen LogP contribution in [-0.2, 0) is 0 Å². The van der Waals surface area contributed by atoms with Crippen molar-refractivity contribution in [1.29, 1.82) is 0 Å². The van der Waals surface area contributed by atoms with Crippen molar-refractivity contribution in [3.8, 4) is 11.5 Å². The van der Waals surface area contributed by atoms with Crippen LogP contribution in [0.4, 0.5) is 17.1 Å². The highest BCUT2D eigenvalue weighted by Crippen LogP contribution is 2.36. The number of hydrogen-bond donors (Lipinski definition) is 2. The maximum atomic E-state index is 5.69. The third-order valence-corrected chi connectivity index (χ3v) is 5.95. The second-order valence-electron chi connectivity index (χ2n) is 8.77. The second-order valence-corrected chi connectivity index (χ2v) is 8.77. The lowest BCUT2D eigenvalue weighted by atomic mass is 10.2. The monoisotopic (exact) mass is 490 g/mol. The van der Waals surface area contributed by atoms with Crippen LogP contribution in [0, 0.1) is 0 Å². The van der Waals surface area contributed by atoms with Gasteiger partial charge in [0.25, 0.3) is 0 Å². The van der Waals surface area contributed by atoms with Gasteiger partial charge in [0.2, 0.25) is 0 Å². The summed E-state index contributed by atoms with van der Waals surface area (Å²) in [5.41, 5.74) is 4.75. The zero-order chi connectivity index (χ0) is 26.2. The molecule has 0 aliphatic carbocycles. The number of fused-ring (bicyclic) bond motifs is 1. The fourth-order valence-corrected chi connectivity index (χ4v) is 3.93. The van der Waals surface area contributed by atoms with Crippen molar-refractivity contribution in [3.63, 3.8) is 0 Å². The molecule has 2 N–H and O–H groups in total. The molecule has 0 radical (unpaired) electrons. The number of rotatable bonds is 11. The van der Waals surface area contributed by atoms with E-state index in [0.29, 0.717) is 0 Å². The number of aromatic nitrogens is 1. The van der Waals surface area contributed by atoms with Gasteiger partial charge in [-0.2, -0.15) is 0 Å². The zero-order valence-electron chi connectivity index (χ0n) is 22.4. The van der Waals surface area contributed by atoms with Gasteiger partial charge in [0.05, 0.1) is 36.8 Å². The summed E-state index contributed by atoms with van der Waals surface area (Å²) in [6.07, 6.45) is 5.60. The lowest BCUT2D eigenvalue weighted by Crippen LogP contribution is -2.29. The minimum absolute atomic E-state index is 0.729. The van der Waals surface area contributed by atoms with Crippen molar-refractivity contribution in [1.82, 2.24) is 9.47 Å². The third kappa shape index (κ3) is 6.20. The van der Waals surface area contributed by atoms with E-state index in [2.05, 4.69) is 53.1 Å². The van der Waals surface area contributed by atoms with Crippen LogP contribution in [0.15, 0.2) is 66.4 Å². The summed E-state index contributed by atoms with van der Waals surface area (Å²) in [6, 6.07) is 12.1. The number of anilines is 3. The van der Waals surface area contributed by atoms with Crippen LogP contribution in [0.2, 0.25) is 0 Å². The van der Waals surface area contributed by atoms with Gasteiger partial charge in [0.1, 0.15) is 17.3 Å². The molecule has 0 bridgehead atoms. The van der Waals surface area contributed by atoms with Gasteiger partial charge in [-0.05, 0) is 51.4 Å². The summed E-state index contributed by atoms with van der Waals surface area (Å²) in [6.45, 7) is 7.97. The summed E-state index contributed by atoms with van der Waals surface area (Å²) in [7, 11) is 11.5. The van der Waals surface area contributed by atoms with Crippen molar-refractivity contribution in [3.05, 3.63) is 61.4 Å². The number of nitrogens with zero attached hydrogens (tertiary/aromatic N) is 4. The maximum Gasteiger partial charge on any atom is 0.144 e. The predicted molar refractivity (Wildman–Crippen MR) is 154 cm³/mol. The molecule has 192 valence electrons. The Balaban J connectivity index is 1.76. The topological polar surface area (TPSA) is 66.3 Å². The smallest absolute Gasteiger partial charge is 0.144 e. The lowest BCUT2D eigenvalue weighted by molar-refractivity contribution is 0.413. The SMILES string of the molecule is C=C(/C=C\N=C(C)Nc1cc(NC)c(N(C)CCN(C)C)cc1OC)n1ccc2c(OC)cccc21. The minimum atomic E-state index is 0.729. The van der Waals surface area contributed by atoms with Crippen molar-refractivity contribution >= 4 is 39.5 Å². The second kappa shape index (κ2) is 12.2. The Bertz CT molecular complexity index is 1260. The standard InChI is InChI=1S/C28H38N6O2/c1-20(34-15-13-22-25(34)10-9-11-27(22)35-7)12-14-30-21(2)31-24-18-23(29-3)26(19-28(24)36-8)33(6)17-16-32(4)5/h9-15,18-19,29H,1,16-17H2,2-8H3,(H,30,31)/b14-12-. The molecule has 8 nitrogen and oxygen atoms in total. The molecule has 36 heavy (non-hydrogen) atoms. The zero-order valence-corrected chi connectivity index (χ0v) is 22.4. The molecular formula is C28H38N6O2. The molecule has 0 fully saturated rings. The lowest BCUT2D eigenvalue weighted by Gasteiger charge is -2.25. The fraction of sp³-hybridized carbons (Fsp3) is 0.321. The molecule has 0 aliphatic rings. The van der Waals surface area contributed by atoms with Gasteiger partial charge >= 0.3 is 0 Å². The van der Waals surface area contributed by atoms with Crippen LogP contribution in [0.5, 0.6) is 11.5 Å². The van der Waals surface area contributed by atoms with E-state index in [4.69, 9.17) is 9.47 Å². The molecule has 0 saturated carbocycles. The Morgan fingerprint density at radius 1 is 1.06 bits per heavy atom. The Morgan fingerprint density at radius 3 is 2.47 bits per heavy atom. The highest BCUT2D eigenvalue weighted by Gasteiger charge is 2.14. The maximum absolute atomic E-state index is 5.69. The Morgan fingerprint density at radius 2 is 1.81 bits per heavy atom. The normalized spacial score (nSPS) is 11.8. The van der Waals surface area contributed by atoms with Gasteiger partial charge in [-0.15, -0.1) is 0 Å². The van der Waals surface area contributed by atoms with Crippen LogP contribution in [0.3, 0.4) is 0 Å². The van der Waals surface area contributed by atoms with E-state index in [-0.39, 0.29) is 0 Å². The number of nitrogens with one attached hydrogen (secondary N) is 2. The van der Waals surface area contributed by atoms with E-state index in [0.717, 1.165) is 64.1 Å². The molecular weight excluding hydrogens is 452 g/mol. The Labute approximate surface area is 214 Å². The van der Waals surface area contributed by atoms with Crippen molar-refractivity contribution in [2.24, 2.45) is 4.99 Å². The number of benzene rings is 2. The first-order valence-electron chi connectivity index (χ1n) is 11.9. The Hall–Kier alpha value is -3.91. The predicted octanol–water partition coefficient (Wildman–Crippen LogP) is 5.21. The van der Waals surface area contributed by atoms with Gasteiger partial charge in [-0.1, -0.05) is 12.6 Å². The number of likely N-dealkylation sites (N-methyl/N-ethyl adjacent to an activating group) is 2. The van der Waals surface area contributed by atoms with Crippen LogP contribution >= 0.6 is 0 Å². The van der Waals surface area contributed by atoms with Gasteiger partial charge < -0.3 is 34.5 Å². The van der Waals surface area contributed by atoms with Gasteiger partial charge in [0, 0.05) is 56.7 Å². The quantitative estimate of drug-likeness (QED) is 0.218. The van der Waals surface area contributed by atoms with Crippen LogP contribution in [-0.4, -0.2) is 70.8 Å². The first-order chi connectivity index (χ1) is 17.3. The molecule has 3 rings (SSSR count). The summed E-state index contributed by atoms with van der Waals surface area (Å²) in [5.74, 6) is 2.31. The third-order valence-electron chi connectivity index (χ3n) is 5.95. The molecule has 1 heterocycles. The number of methoxy groups -OCH3 is 2. The van der Waals surface area contributed by atoms with Crippen molar-refractivity contribution in [2.75, 3.05) is 71.0 Å². The molecule has 0 unspecified atom stereocenters. The summed E-state index contributed by atoms with van der Waals surface area (Å²) in [5, 5.41) is 7.70. The number of hydrogen-bond acceptors (Lipinski definition) is 6. The molecule has 0 aliphatic heterocycles. The van der Waals surface area contributed by atoms with Gasteiger partial charge in [0.15, 0.2) is 0 Å². The molecule has 2 aromatic carbocycles. The van der Waals surface area contributed by atoms with Crippen molar-refractivity contribution in [2.45, 2.75) is 6.92 Å².